The first-order chi connectivity index (χ1) is 15.7. The Kier molecular flexibility index (Phi) is 5.61. The van der Waals surface area contributed by atoms with E-state index >= 15 is 0 Å². The average molecular weight is 473 g/mol. The molecule has 9 atom stereocenters. The highest BCUT2D eigenvalue weighted by molar-refractivity contribution is 5.85. The summed E-state index contributed by atoms with van der Waals surface area (Å²) in [5, 5.41) is 0. The molecule has 0 radical (unpaired) electrons. The zero-order valence-electron chi connectivity index (χ0n) is 23.7. The molecular formula is C31H52O3. The van der Waals surface area contributed by atoms with Crippen LogP contribution in [-0.2, 0) is 14.3 Å². The smallest absolute Gasteiger partial charge is 0.162 e. The number of methoxy groups -OCH3 is 1. The molecule has 1 heterocycles. The molecule has 3 nitrogen and oxygen atoms in total. The van der Waals surface area contributed by atoms with Crippen LogP contribution in [0.3, 0.4) is 0 Å². The van der Waals surface area contributed by atoms with Crippen molar-refractivity contribution in [2.45, 2.75) is 131 Å². The second-order valence-electron chi connectivity index (χ2n) is 15.4. The van der Waals surface area contributed by atoms with Crippen LogP contribution in [0.5, 0.6) is 0 Å². The van der Waals surface area contributed by atoms with Crippen molar-refractivity contribution in [1.82, 2.24) is 0 Å². The summed E-state index contributed by atoms with van der Waals surface area (Å²) in [7, 11) is 1.82. The van der Waals surface area contributed by atoms with Crippen molar-refractivity contribution in [3.8, 4) is 0 Å². The van der Waals surface area contributed by atoms with Gasteiger partial charge in [-0.3, -0.25) is 4.79 Å². The average Bonchev–Trinajstić information content (AvgIpc) is 3.12. The highest BCUT2D eigenvalue weighted by Crippen LogP contribution is 2.75. The quantitative estimate of drug-likeness (QED) is 0.411. The summed E-state index contributed by atoms with van der Waals surface area (Å²) in [4.78, 5) is 12.9. The van der Waals surface area contributed by atoms with Gasteiger partial charge in [0.2, 0.25) is 0 Å². The molecule has 1 aliphatic heterocycles. The number of hydrogen-bond acceptors (Lipinski definition) is 3. The Balaban J connectivity index is 1.45. The Hall–Kier alpha value is -0.410. The Morgan fingerprint density at radius 1 is 0.735 bits per heavy atom. The SMILES string of the molecule is CO[C@H]1O[C@](C)([C@H]2CC[C@@]3(C)[C@H]2CC[C@@H]2[C@@]4(C)CCC(=O)C(C)(C)[C@@H]4CC[C@]23C)CCC1(C)C. The summed E-state index contributed by atoms with van der Waals surface area (Å²) in [6, 6.07) is 0. The monoisotopic (exact) mass is 472 g/mol. The molecule has 0 bridgehead atoms. The van der Waals surface area contributed by atoms with E-state index < -0.39 is 0 Å². The Labute approximate surface area is 209 Å². The van der Waals surface area contributed by atoms with Gasteiger partial charge in [-0.05, 0) is 105 Å². The minimum atomic E-state index is -0.157. The lowest BCUT2D eigenvalue weighted by atomic mass is 9.35. The lowest BCUT2D eigenvalue weighted by molar-refractivity contribution is -0.291. The van der Waals surface area contributed by atoms with Crippen LogP contribution in [0.25, 0.3) is 0 Å². The number of ketones is 1. The van der Waals surface area contributed by atoms with Crippen LogP contribution in [0.15, 0.2) is 0 Å². The number of ether oxygens (including phenoxy) is 2. The number of rotatable bonds is 2. The summed E-state index contributed by atoms with van der Waals surface area (Å²) in [5.74, 6) is 3.14. The third-order valence-corrected chi connectivity index (χ3v) is 13.4. The van der Waals surface area contributed by atoms with Crippen molar-refractivity contribution in [3.05, 3.63) is 0 Å². The zero-order valence-corrected chi connectivity index (χ0v) is 23.7. The van der Waals surface area contributed by atoms with Gasteiger partial charge in [-0.25, -0.2) is 0 Å². The van der Waals surface area contributed by atoms with E-state index in [1.54, 1.807) is 0 Å². The molecule has 4 saturated carbocycles. The van der Waals surface area contributed by atoms with Crippen LogP contribution in [-0.4, -0.2) is 24.8 Å². The fraction of sp³-hybridized carbons (Fsp3) is 0.968. The first kappa shape index (κ1) is 25.2. The largest absolute Gasteiger partial charge is 0.355 e. The van der Waals surface area contributed by atoms with E-state index in [4.69, 9.17) is 9.47 Å². The predicted molar refractivity (Wildman–Crippen MR) is 137 cm³/mol. The topological polar surface area (TPSA) is 35.5 Å². The van der Waals surface area contributed by atoms with Crippen molar-refractivity contribution in [3.63, 3.8) is 0 Å². The molecular weight excluding hydrogens is 420 g/mol. The van der Waals surface area contributed by atoms with Gasteiger partial charge in [0.05, 0.1) is 5.60 Å². The molecule has 194 valence electrons. The van der Waals surface area contributed by atoms with Gasteiger partial charge in [0.25, 0.3) is 0 Å². The van der Waals surface area contributed by atoms with Crippen molar-refractivity contribution in [2.24, 2.45) is 50.7 Å². The Morgan fingerprint density at radius 2 is 1.41 bits per heavy atom. The van der Waals surface area contributed by atoms with Gasteiger partial charge in [-0.2, -0.15) is 0 Å². The summed E-state index contributed by atoms with van der Waals surface area (Å²) in [6.07, 6.45) is 11.9. The maximum atomic E-state index is 12.9. The summed E-state index contributed by atoms with van der Waals surface area (Å²) >= 11 is 0. The van der Waals surface area contributed by atoms with Crippen LogP contribution < -0.4 is 0 Å². The normalized spacial score (nSPS) is 54.1. The van der Waals surface area contributed by atoms with E-state index in [2.05, 4.69) is 55.4 Å². The fourth-order valence-electron chi connectivity index (χ4n) is 11.1. The van der Waals surface area contributed by atoms with Gasteiger partial charge in [-0.1, -0.05) is 48.5 Å². The molecule has 0 N–H and O–H groups in total. The Bertz CT molecular complexity index is 846. The molecule has 0 spiro atoms. The molecule has 34 heavy (non-hydrogen) atoms. The van der Waals surface area contributed by atoms with E-state index in [-0.39, 0.29) is 22.7 Å². The minimum Gasteiger partial charge on any atom is -0.355 e. The number of Topliss-reactive ketones (excluding diaryl/α,β-unsaturated/α-hetero) is 1. The van der Waals surface area contributed by atoms with Crippen LogP contribution >= 0.6 is 0 Å². The molecule has 5 rings (SSSR count). The zero-order chi connectivity index (χ0) is 24.9. The first-order valence-electron chi connectivity index (χ1n) is 14.4. The van der Waals surface area contributed by atoms with E-state index in [0.717, 1.165) is 31.1 Å². The molecule has 5 fully saturated rings. The van der Waals surface area contributed by atoms with Crippen LogP contribution in [0.1, 0.15) is 120 Å². The molecule has 0 unspecified atom stereocenters. The minimum absolute atomic E-state index is 0.0812. The van der Waals surface area contributed by atoms with Gasteiger partial charge in [0.15, 0.2) is 6.29 Å². The van der Waals surface area contributed by atoms with Crippen LogP contribution in [0.2, 0.25) is 0 Å². The second-order valence-corrected chi connectivity index (χ2v) is 15.4. The van der Waals surface area contributed by atoms with Crippen molar-refractivity contribution >= 4 is 5.78 Å². The van der Waals surface area contributed by atoms with Gasteiger partial charge in [0, 0.05) is 24.4 Å². The van der Waals surface area contributed by atoms with E-state index in [9.17, 15) is 4.79 Å². The van der Waals surface area contributed by atoms with Gasteiger partial charge >= 0.3 is 0 Å². The Morgan fingerprint density at radius 3 is 2.09 bits per heavy atom. The first-order valence-corrected chi connectivity index (χ1v) is 14.4. The van der Waals surface area contributed by atoms with Gasteiger partial charge < -0.3 is 9.47 Å². The maximum absolute atomic E-state index is 12.9. The number of fused-ring (bicyclic) bond motifs is 5. The lowest BCUT2D eigenvalue weighted by Gasteiger charge is -2.69. The molecule has 4 aliphatic carbocycles. The van der Waals surface area contributed by atoms with Crippen LogP contribution in [0, 0.1) is 50.7 Å². The third-order valence-electron chi connectivity index (χ3n) is 13.4. The van der Waals surface area contributed by atoms with E-state index in [1.165, 1.54) is 44.9 Å². The molecule has 0 aromatic rings. The summed E-state index contributed by atoms with van der Waals surface area (Å²) in [5.41, 5.74) is 0.863. The standard InChI is InChI=1S/C31H52O3/c1-26(2)18-19-31(8,34-25(26)33-9)21-12-16-29(6)20(21)10-11-23-28(5)15-14-24(32)27(3,4)22(28)13-17-30(23,29)7/h20-23,25H,10-19H2,1-9H3/t20-,21-,22-,23+,25-,28-,29-,30+,31-/m0/s1. The van der Waals surface area contributed by atoms with Crippen molar-refractivity contribution in [1.29, 1.82) is 0 Å². The second kappa shape index (κ2) is 7.56. The molecule has 0 amide bonds. The van der Waals surface area contributed by atoms with Gasteiger partial charge in [0.1, 0.15) is 5.78 Å². The number of carbonyl (C=O) groups is 1. The highest BCUT2D eigenvalue weighted by Gasteiger charge is 2.70. The fourth-order valence-corrected chi connectivity index (χ4v) is 11.1. The van der Waals surface area contributed by atoms with Crippen molar-refractivity contribution < 1.29 is 14.3 Å². The molecule has 3 heteroatoms. The van der Waals surface area contributed by atoms with Gasteiger partial charge in [-0.15, -0.1) is 0 Å². The van der Waals surface area contributed by atoms with E-state index in [1.807, 2.05) is 7.11 Å². The molecule has 0 aromatic carbocycles. The van der Waals surface area contributed by atoms with Crippen LogP contribution in [0.4, 0.5) is 0 Å². The maximum Gasteiger partial charge on any atom is 0.162 e. The molecule has 5 aliphatic rings. The van der Waals surface area contributed by atoms with E-state index in [0.29, 0.717) is 33.9 Å². The number of hydrogen-bond donors (Lipinski definition) is 0. The predicted octanol–water partition coefficient (Wildman–Crippen LogP) is 7.81. The highest BCUT2D eigenvalue weighted by atomic mass is 16.7. The summed E-state index contributed by atoms with van der Waals surface area (Å²) < 4.78 is 12.7. The third kappa shape index (κ3) is 3.10. The molecule has 1 saturated heterocycles. The van der Waals surface area contributed by atoms with Crippen molar-refractivity contribution in [2.75, 3.05) is 7.11 Å². The lowest BCUT2D eigenvalue weighted by Crippen LogP contribution is -2.64. The molecule has 0 aromatic heterocycles. The number of carbonyl (C=O) groups excluding carboxylic acids is 1. The summed E-state index contributed by atoms with van der Waals surface area (Å²) in [6.45, 7) is 19.4.